The van der Waals surface area contributed by atoms with Crippen molar-refractivity contribution in [3.63, 3.8) is 0 Å². The summed E-state index contributed by atoms with van der Waals surface area (Å²) in [4.78, 5) is 61.6. The van der Waals surface area contributed by atoms with Gasteiger partial charge in [0, 0.05) is 56.9 Å². The zero-order valence-corrected chi connectivity index (χ0v) is 101. The molecule has 0 radical (unpaired) electrons. The second kappa shape index (κ2) is 152. The fourth-order valence-corrected chi connectivity index (χ4v) is 20.1. The van der Waals surface area contributed by atoms with Gasteiger partial charge in [0.2, 0.25) is 0 Å². The molecule has 13 heteroatoms. The molecule has 0 aliphatic carbocycles. The van der Waals surface area contributed by atoms with E-state index < -0.39 is 35.8 Å². The van der Waals surface area contributed by atoms with Gasteiger partial charge in [-0.25, -0.2) is 0 Å². The summed E-state index contributed by atoms with van der Waals surface area (Å²) in [5, 5.41) is 61.6. The Kier molecular flexibility index (Phi) is 163. The molecule has 0 aromatic heterocycles. The number of rotatable bonds is 120. The van der Waals surface area contributed by atoms with Gasteiger partial charge in [0.25, 0.3) is 0 Å². The Balaban J connectivity index is -0.000000315. The van der Waals surface area contributed by atoms with E-state index in [9.17, 15) is 59.4 Å². The van der Waals surface area contributed by atoms with E-state index in [1.54, 1.807) is 0 Å². The Labute approximate surface area is 922 Å². The zero-order chi connectivity index (χ0) is 106. The number of carboxylic acids is 6. The van der Waals surface area contributed by atoms with E-state index in [0.29, 0.717) is 0 Å². The monoisotopic (exact) mass is 2130 g/mol. The summed E-state index contributed by atoms with van der Waals surface area (Å²) in [6.45, 7) is 13.7. The van der Waals surface area contributed by atoms with Crippen LogP contribution in [0.4, 0.5) is 0 Å². The van der Waals surface area contributed by atoms with Crippen LogP contribution in [0.1, 0.15) is 812 Å². The minimum absolute atomic E-state index is 0. The van der Waals surface area contributed by atoms with Gasteiger partial charge in [0.15, 0.2) is 0 Å². The second-order valence-corrected chi connectivity index (χ2v) is 44.9. The molecule has 0 saturated heterocycles. The molecule has 0 heterocycles. The van der Waals surface area contributed by atoms with Gasteiger partial charge in [0.1, 0.15) is 0 Å². The third kappa shape index (κ3) is 181. The van der Waals surface area contributed by atoms with Crippen LogP contribution in [0.5, 0.6) is 0 Å². The SMILES string of the molecule is CCCCCCCCCCCCCCCCCCCCCC(=O)[O-].CCCCCCCCCCCCCCCCCCCCCC(=O)[O-].CCCCCCCCCCCCCCCCCCCCCC(=O)[O-].CCCCCCCCCCCCCCCCCCCCCC(=O)[O-].CCCCCCCCCCCCCCCCCCCCCC(=O)[O-].CCCCCCCCCCCCCCCCCCCCCC(=O)[O-].[Mo]. The number of hydrogen-bond acceptors (Lipinski definition) is 12. The molecule has 0 amide bonds. The summed E-state index contributed by atoms with van der Waals surface area (Å²) >= 11 is 0. The molecule has 0 bridgehead atoms. The van der Waals surface area contributed by atoms with Gasteiger partial charge in [0.05, 0.1) is 0 Å². The number of carboxylic acid groups (broad SMARTS) is 6. The molecule has 0 spiro atoms. The van der Waals surface area contributed by atoms with Crippen LogP contribution < -0.4 is 30.6 Å². The van der Waals surface area contributed by atoms with Crippen LogP contribution in [0.25, 0.3) is 0 Å². The molecule has 0 unspecified atom stereocenters. The third-order valence-corrected chi connectivity index (χ3v) is 29.9. The summed E-state index contributed by atoms with van der Waals surface area (Å²) in [6.07, 6.45) is 154. The number of carbonyl (C=O) groups is 6. The van der Waals surface area contributed by atoms with E-state index in [0.717, 1.165) is 77.0 Å². The third-order valence-electron chi connectivity index (χ3n) is 29.9. The van der Waals surface area contributed by atoms with Crippen LogP contribution in [-0.4, -0.2) is 35.8 Å². The van der Waals surface area contributed by atoms with Crippen molar-refractivity contribution in [2.24, 2.45) is 0 Å². The van der Waals surface area contributed by atoms with Crippen molar-refractivity contribution >= 4 is 35.8 Å². The molecule has 0 rings (SSSR count). The Bertz CT molecular complexity index is 1910. The maximum absolute atomic E-state index is 10.3. The first kappa shape index (κ1) is 155. The normalized spacial score (nSPS) is 11.0. The first-order valence-electron chi connectivity index (χ1n) is 65.8. The molecule has 0 aromatic rings. The van der Waals surface area contributed by atoms with Crippen molar-refractivity contribution in [1.29, 1.82) is 0 Å². The minimum atomic E-state index is -0.901. The smallest absolute Gasteiger partial charge is 0.0414 e. The largest absolute Gasteiger partial charge is 0.550 e. The molecule has 145 heavy (non-hydrogen) atoms. The molecule has 0 fully saturated rings. The molecular formula is C132H258MoO12-6. The van der Waals surface area contributed by atoms with Crippen molar-refractivity contribution in [2.45, 2.75) is 812 Å². The van der Waals surface area contributed by atoms with E-state index >= 15 is 0 Å². The molecule has 0 aliphatic heterocycles. The van der Waals surface area contributed by atoms with Crippen molar-refractivity contribution < 1.29 is 80.5 Å². The van der Waals surface area contributed by atoms with Gasteiger partial charge in [-0.3, -0.25) is 0 Å². The van der Waals surface area contributed by atoms with Crippen LogP contribution in [0.15, 0.2) is 0 Å². The van der Waals surface area contributed by atoms with Gasteiger partial charge in [-0.1, -0.05) is 735 Å². The van der Waals surface area contributed by atoms with Crippen LogP contribution >= 0.6 is 0 Å². The van der Waals surface area contributed by atoms with Gasteiger partial charge in [-0.05, 0) is 77.0 Å². The first-order chi connectivity index (χ1) is 70.6. The summed E-state index contributed by atoms with van der Waals surface area (Å²) in [6, 6.07) is 0. The Morgan fingerprint density at radius 2 is 0.131 bits per heavy atom. The number of unbranched alkanes of at least 4 members (excludes halogenated alkanes) is 108. The van der Waals surface area contributed by atoms with Gasteiger partial charge in [-0.2, -0.15) is 0 Å². The predicted molar refractivity (Wildman–Crippen MR) is 618 cm³/mol. The van der Waals surface area contributed by atoms with Crippen LogP contribution in [-0.2, 0) is 49.8 Å². The fraction of sp³-hybridized carbons (Fsp3) is 0.955. The average molecular weight is 2130 g/mol. The van der Waals surface area contributed by atoms with Crippen LogP contribution in [0.2, 0.25) is 0 Å². The molecule has 0 aliphatic rings. The first-order valence-corrected chi connectivity index (χ1v) is 65.8. The van der Waals surface area contributed by atoms with Gasteiger partial charge >= 0.3 is 0 Å². The minimum Gasteiger partial charge on any atom is -0.550 e. The topological polar surface area (TPSA) is 241 Å². The molecular weight excluding hydrogens is 1870 g/mol. The zero-order valence-electron chi connectivity index (χ0n) is 99.2. The Hall–Kier alpha value is -2.49. The molecule has 0 aromatic carbocycles. The van der Waals surface area contributed by atoms with Crippen LogP contribution in [0, 0.1) is 0 Å². The van der Waals surface area contributed by atoms with Gasteiger partial charge < -0.3 is 59.4 Å². The van der Waals surface area contributed by atoms with Crippen LogP contribution in [0.3, 0.4) is 0 Å². The van der Waals surface area contributed by atoms with E-state index in [1.807, 2.05) is 0 Å². The maximum atomic E-state index is 10.3. The molecule has 0 N–H and O–H groups in total. The molecule has 0 atom stereocenters. The fourth-order valence-electron chi connectivity index (χ4n) is 20.1. The van der Waals surface area contributed by atoms with E-state index in [-0.39, 0.29) is 59.6 Å². The Morgan fingerprint density at radius 1 is 0.0897 bits per heavy atom. The molecule has 870 valence electrons. The van der Waals surface area contributed by atoms with Crippen molar-refractivity contribution in [3.05, 3.63) is 0 Å². The quantitative estimate of drug-likeness (QED) is 0.0408. The summed E-state index contributed by atoms with van der Waals surface area (Å²) in [7, 11) is 0. The molecule has 0 saturated carbocycles. The van der Waals surface area contributed by atoms with E-state index in [4.69, 9.17) is 0 Å². The van der Waals surface area contributed by atoms with E-state index in [1.165, 1.54) is 655 Å². The Morgan fingerprint density at radius 3 is 0.172 bits per heavy atom. The summed E-state index contributed by atoms with van der Waals surface area (Å²) < 4.78 is 0. The number of carbonyl (C=O) groups excluding carboxylic acids is 6. The summed E-state index contributed by atoms with van der Waals surface area (Å²) in [5.41, 5.74) is 0. The average Bonchev–Trinajstić information content (AvgIpc) is 1.11. The molecule has 12 nitrogen and oxygen atoms in total. The van der Waals surface area contributed by atoms with Crippen molar-refractivity contribution in [1.82, 2.24) is 0 Å². The predicted octanol–water partition coefficient (Wildman–Crippen LogP) is 39.3. The maximum Gasteiger partial charge on any atom is 0.0414 e. The second-order valence-electron chi connectivity index (χ2n) is 44.9. The van der Waals surface area contributed by atoms with Crippen molar-refractivity contribution in [2.75, 3.05) is 0 Å². The number of hydrogen-bond donors (Lipinski definition) is 0. The number of aliphatic carboxylic acids is 6. The standard InChI is InChI=1S/6C22H44O2.Mo/c6*1-2-3-4-5-6-7-8-9-10-11-12-13-14-15-16-17-18-19-20-21-22(23)24;/h6*2-21H2,1H3,(H,23,24);/p-6. The summed E-state index contributed by atoms with van der Waals surface area (Å²) in [5.74, 6) is -5.41. The van der Waals surface area contributed by atoms with Gasteiger partial charge in [-0.15, -0.1) is 0 Å². The van der Waals surface area contributed by atoms with Crippen molar-refractivity contribution in [3.8, 4) is 0 Å². The van der Waals surface area contributed by atoms with E-state index in [2.05, 4.69) is 41.5 Å².